The van der Waals surface area contributed by atoms with Gasteiger partial charge in [0.05, 0.1) is 11.5 Å². The van der Waals surface area contributed by atoms with Crippen LogP contribution in [0.4, 0.5) is 5.69 Å². The van der Waals surface area contributed by atoms with Crippen molar-refractivity contribution in [1.29, 1.82) is 0 Å². The number of rotatable bonds is 5. The standard InChI is InChI=1S/C13H18ClN3O3/c1-13(2,3)16-12(18)8-15-7-9-4-5-10(14)11(6-9)17(19)20/h4-6,15H,7-8H2,1-3H3,(H,16,18). The van der Waals surface area contributed by atoms with Crippen LogP contribution in [0.5, 0.6) is 0 Å². The molecule has 110 valence electrons. The Labute approximate surface area is 122 Å². The Kier molecular flexibility index (Phi) is 5.47. The maximum Gasteiger partial charge on any atom is 0.288 e. The van der Waals surface area contributed by atoms with Gasteiger partial charge in [0.1, 0.15) is 5.02 Å². The molecule has 0 fully saturated rings. The van der Waals surface area contributed by atoms with Crippen LogP contribution >= 0.6 is 11.6 Å². The van der Waals surface area contributed by atoms with Gasteiger partial charge in [0.25, 0.3) is 5.69 Å². The molecule has 1 rings (SSSR count). The van der Waals surface area contributed by atoms with Crippen molar-refractivity contribution in [3.63, 3.8) is 0 Å². The molecule has 6 nitrogen and oxygen atoms in total. The van der Waals surface area contributed by atoms with Gasteiger partial charge in [-0.1, -0.05) is 17.7 Å². The van der Waals surface area contributed by atoms with Gasteiger partial charge in [-0.15, -0.1) is 0 Å². The fourth-order valence-corrected chi connectivity index (χ4v) is 1.78. The predicted molar refractivity (Wildman–Crippen MR) is 77.7 cm³/mol. The highest BCUT2D eigenvalue weighted by Crippen LogP contribution is 2.24. The number of halogens is 1. The number of benzene rings is 1. The number of hydrogen-bond acceptors (Lipinski definition) is 4. The average molecular weight is 300 g/mol. The number of nitro benzene ring substituents is 1. The maximum atomic E-state index is 11.6. The molecule has 1 aromatic rings. The van der Waals surface area contributed by atoms with E-state index in [4.69, 9.17) is 11.6 Å². The van der Waals surface area contributed by atoms with Crippen LogP contribution < -0.4 is 10.6 Å². The molecule has 20 heavy (non-hydrogen) atoms. The molecule has 1 amide bonds. The van der Waals surface area contributed by atoms with Crippen molar-refractivity contribution in [2.24, 2.45) is 0 Å². The fraction of sp³-hybridized carbons (Fsp3) is 0.462. The SMILES string of the molecule is CC(C)(C)NC(=O)CNCc1ccc(Cl)c([N+](=O)[O-])c1. The summed E-state index contributed by atoms with van der Waals surface area (Å²) in [6.07, 6.45) is 0. The summed E-state index contributed by atoms with van der Waals surface area (Å²) in [5.74, 6) is -0.124. The van der Waals surface area contributed by atoms with Gasteiger partial charge in [0.2, 0.25) is 5.91 Å². The third-order valence-corrected chi connectivity index (χ3v) is 2.66. The lowest BCUT2D eigenvalue weighted by atomic mass is 10.1. The first-order valence-electron chi connectivity index (χ1n) is 6.13. The minimum Gasteiger partial charge on any atom is -0.350 e. The molecule has 0 heterocycles. The summed E-state index contributed by atoms with van der Waals surface area (Å²) in [5, 5.41) is 16.6. The normalized spacial score (nSPS) is 11.2. The molecule has 0 aromatic heterocycles. The molecule has 0 atom stereocenters. The van der Waals surface area contributed by atoms with Crippen molar-refractivity contribution in [3.05, 3.63) is 38.9 Å². The van der Waals surface area contributed by atoms with Gasteiger partial charge in [-0.05, 0) is 32.4 Å². The molecule has 0 saturated carbocycles. The molecule has 0 spiro atoms. The van der Waals surface area contributed by atoms with Crippen LogP contribution in [0.2, 0.25) is 5.02 Å². The number of carbonyl (C=O) groups is 1. The molecule has 0 unspecified atom stereocenters. The van der Waals surface area contributed by atoms with E-state index in [-0.39, 0.29) is 28.7 Å². The second kappa shape index (κ2) is 6.67. The first kappa shape index (κ1) is 16.4. The van der Waals surface area contributed by atoms with E-state index >= 15 is 0 Å². The quantitative estimate of drug-likeness (QED) is 0.645. The lowest BCUT2D eigenvalue weighted by Crippen LogP contribution is -2.44. The Balaban J connectivity index is 2.53. The highest BCUT2D eigenvalue weighted by atomic mass is 35.5. The van der Waals surface area contributed by atoms with Gasteiger partial charge in [-0.25, -0.2) is 0 Å². The van der Waals surface area contributed by atoms with Crippen molar-refractivity contribution in [3.8, 4) is 0 Å². The minimum absolute atomic E-state index is 0.101. The molecule has 0 aliphatic heterocycles. The van der Waals surface area contributed by atoms with E-state index in [1.807, 2.05) is 20.8 Å². The Morgan fingerprint density at radius 2 is 2.05 bits per heavy atom. The summed E-state index contributed by atoms with van der Waals surface area (Å²) in [5.41, 5.74) is 0.285. The average Bonchev–Trinajstić information content (AvgIpc) is 2.28. The first-order chi connectivity index (χ1) is 9.19. The van der Waals surface area contributed by atoms with Gasteiger partial charge in [-0.2, -0.15) is 0 Å². The highest BCUT2D eigenvalue weighted by molar-refractivity contribution is 6.32. The van der Waals surface area contributed by atoms with E-state index in [0.717, 1.165) is 0 Å². The third kappa shape index (κ3) is 5.54. The van der Waals surface area contributed by atoms with E-state index in [2.05, 4.69) is 10.6 Å². The van der Waals surface area contributed by atoms with Crippen molar-refractivity contribution in [2.45, 2.75) is 32.9 Å². The number of hydrogen-bond donors (Lipinski definition) is 2. The van der Waals surface area contributed by atoms with Crippen molar-refractivity contribution >= 4 is 23.2 Å². The Hall–Kier alpha value is -1.66. The lowest BCUT2D eigenvalue weighted by Gasteiger charge is -2.20. The summed E-state index contributed by atoms with van der Waals surface area (Å²) in [4.78, 5) is 21.8. The number of nitrogens with zero attached hydrogens (tertiary/aromatic N) is 1. The summed E-state index contributed by atoms with van der Waals surface area (Å²) < 4.78 is 0. The van der Waals surface area contributed by atoms with Crippen molar-refractivity contribution < 1.29 is 9.72 Å². The summed E-state index contributed by atoms with van der Waals surface area (Å²) in [6, 6.07) is 4.56. The van der Waals surface area contributed by atoms with Crippen LogP contribution in [0.15, 0.2) is 18.2 Å². The van der Waals surface area contributed by atoms with Crippen LogP contribution in [0.25, 0.3) is 0 Å². The highest BCUT2D eigenvalue weighted by Gasteiger charge is 2.14. The summed E-state index contributed by atoms with van der Waals surface area (Å²) in [6.45, 7) is 6.19. The van der Waals surface area contributed by atoms with Crippen LogP contribution in [0.3, 0.4) is 0 Å². The Bertz CT molecular complexity index is 512. The van der Waals surface area contributed by atoms with E-state index in [9.17, 15) is 14.9 Å². The molecular weight excluding hydrogens is 282 g/mol. The Morgan fingerprint density at radius 3 is 2.60 bits per heavy atom. The second-order valence-electron chi connectivity index (χ2n) is 5.44. The summed E-state index contributed by atoms with van der Waals surface area (Å²) >= 11 is 5.72. The zero-order valence-electron chi connectivity index (χ0n) is 11.7. The van der Waals surface area contributed by atoms with E-state index in [0.29, 0.717) is 12.1 Å². The zero-order chi connectivity index (χ0) is 15.3. The third-order valence-electron chi connectivity index (χ3n) is 2.34. The molecule has 2 N–H and O–H groups in total. The van der Waals surface area contributed by atoms with Crippen LogP contribution in [0.1, 0.15) is 26.3 Å². The molecule has 0 saturated heterocycles. The maximum absolute atomic E-state index is 11.6. The number of nitrogens with one attached hydrogen (secondary N) is 2. The minimum atomic E-state index is -0.530. The topological polar surface area (TPSA) is 84.3 Å². The van der Waals surface area contributed by atoms with E-state index in [1.54, 1.807) is 6.07 Å². The smallest absolute Gasteiger partial charge is 0.288 e. The molecule has 7 heteroatoms. The molecule has 0 aliphatic rings. The molecular formula is C13H18ClN3O3. The lowest BCUT2D eigenvalue weighted by molar-refractivity contribution is -0.384. The van der Waals surface area contributed by atoms with Crippen molar-refractivity contribution in [2.75, 3.05) is 6.54 Å². The summed E-state index contributed by atoms with van der Waals surface area (Å²) in [7, 11) is 0. The van der Waals surface area contributed by atoms with Crippen LogP contribution in [-0.4, -0.2) is 22.9 Å². The molecule has 0 radical (unpaired) electrons. The van der Waals surface area contributed by atoms with Gasteiger partial charge >= 0.3 is 0 Å². The molecule has 0 aliphatic carbocycles. The number of nitro groups is 1. The van der Waals surface area contributed by atoms with E-state index in [1.165, 1.54) is 12.1 Å². The Morgan fingerprint density at radius 1 is 1.40 bits per heavy atom. The molecule has 0 bridgehead atoms. The zero-order valence-corrected chi connectivity index (χ0v) is 12.5. The largest absolute Gasteiger partial charge is 0.350 e. The fourth-order valence-electron chi connectivity index (χ4n) is 1.59. The van der Waals surface area contributed by atoms with Gasteiger partial charge in [0.15, 0.2) is 0 Å². The van der Waals surface area contributed by atoms with Crippen LogP contribution in [0, 0.1) is 10.1 Å². The predicted octanol–water partition coefficient (Wildman–Crippen LogP) is 2.25. The van der Waals surface area contributed by atoms with Crippen LogP contribution in [-0.2, 0) is 11.3 Å². The van der Waals surface area contributed by atoms with Gasteiger partial charge < -0.3 is 10.6 Å². The van der Waals surface area contributed by atoms with Crippen molar-refractivity contribution in [1.82, 2.24) is 10.6 Å². The number of amides is 1. The van der Waals surface area contributed by atoms with E-state index < -0.39 is 4.92 Å². The second-order valence-corrected chi connectivity index (χ2v) is 5.85. The first-order valence-corrected chi connectivity index (χ1v) is 6.51. The van der Waals surface area contributed by atoms with Gasteiger partial charge in [-0.3, -0.25) is 14.9 Å². The number of carbonyl (C=O) groups excluding carboxylic acids is 1. The molecule has 1 aromatic carbocycles. The monoisotopic (exact) mass is 299 g/mol. The van der Waals surface area contributed by atoms with Gasteiger partial charge in [0, 0.05) is 18.2 Å².